The summed E-state index contributed by atoms with van der Waals surface area (Å²) < 4.78 is 6.25. The summed E-state index contributed by atoms with van der Waals surface area (Å²) in [6.07, 6.45) is 2.17. The number of carbonyl (C=O) groups is 3. The van der Waals surface area contributed by atoms with Crippen LogP contribution >= 0.6 is 15.9 Å². The minimum atomic E-state index is -0.931. The molecule has 7 nitrogen and oxygen atoms in total. The maximum absolute atomic E-state index is 12.6. The molecule has 0 aliphatic rings. The highest BCUT2D eigenvalue weighted by molar-refractivity contribution is 9.10. The number of halogens is 1. The Hall–Kier alpha value is -3.78. The van der Waals surface area contributed by atoms with Gasteiger partial charge in [0.15, 0.2) is 0 Å². The molecule has 3 rings (SSSR count). The number of carbonyl (C=O) groups excluding carboxylic acids is 3. The summed E-state index contributed by atoms with van der Waals surface area (Å²) in [6, 6.07) is 19.3. The van der Waals surface area contributed by atoms with Crippen molar-refractivity contribution in [2.45, 2.75) is 20.3 Å². The summed E-state index contributed by atoms with van der Waals surface area (Å²) in [5.41, 5.74) is 5.47. The Morgan fingerprint density at radius 1 is 1.00 bits per heavy atom. The van der Waals surface area contributed by atoms with Crippen LogP contribution in [0.25, 0.3) is 0 Å². The van der Waals surface area contributed by atoms with Crippen LogP contribution in [-0.4, -0.2) is 24.0 Å². The monoisotopic (exact) mass is 507 g/mol. The van der Waals surface area contributed by atoms with Gasteiger partial charge in [-0.3, -0.25) is 9.59 Å². The molecule has 8 heteroatoms. The van der Waals surface area contributed by atoms with Crippen LogP contribution in [0.2, 0.25) is 0 Å². The summed E-state index contributed by atoms with van der Waals surface area (Å²) in [7, 11) is 0. The third-order valence-corrected chi connectivity index (χ3v) is 5.23. The van der Waals surface area contributed by atoms with Gasteiger partial charge in [-0.2, -0.15) is 5.10 Å². The molecule has 0 aliphatic heterocycles. The Morgan fingerprint density at radius 2 is 1.73 bits per heavy atom. The number of benzene rings is 3. The smallest absolute Gasteiger partial charge is 0.343 e. The van der Waals surface area contributed by atoms with Crippen LogP contribution in [-0.2, 0) is 16.0 Å². The standard InChI is InChI=1S/C25H22BrN3O4/c1-3-17-8-11-20(12-9-17)28-23(30)24(31)29-27-15-18-14-19(26)10-13-22(18)33-25(32)21-7-5-4-6-16(21)2/h4-15H,3H2,1-2H3,(H,28,30)(H,29,31)/b27-15-. The number of ether oxygens (including phenoxy) is 1. The number of anilines is 1. The van der Waals surface area contributed by atoms with Gasteiger partial charge in [-0.05, 0) is 60.9 Å². The van der Waals surface area contributed by atoms with E-state index in [1.54, 1.807) is 42.5 Å². The fraction of sp³-hybridized carbons (Fsp3) is 0.120. The summed E-state index contributed by atoms with van der Waals surface area (Å²) in [6.45, 7) is 3.85. The quantitative estimate of drug-likeness (QED) is 0.167. The third kappa shape index (κ3) is 6.60. The van der Waals surface area contributed by atoms with Crippen molar-refractivity contribution < 1.29 is 19.1 Å². The second kappa shape index (κ2) is 11.2. The first-order chi connectivity index (χ1) is 15.9. The fourth-order valence-corrected chi connectivity index (χ4v) is 3.27. The second-order valence-corrected chi connectivity index (χ2v) is 8.01. The lowest BCUT2D eigenvalue weighted by Crippen LogP contribution is -2.32. The summed E-state index contributed by atoms with van der Waals surface area (Å²) in [5.74, 6) is -2.04. The highest BCUT2D eigenvalue weighted by Gasteiger charge is 2.15. The molecule has 0 heterocycles. The highest BCUT2D eigenvalue weighted by atomic mass is 79.9. The van der Waals surface area contributed by atoms with Gasteiger partial charge in [0.1, 0.15) is 5.75 Å². The average molecular weight is 508 g/mol. The molecule has 0 bridgehead atoms. The molecule has 0 aromatic heterocycles. The van der Waals surface area contributed by atoms with Crippen molar-refractivity contribution in [1.29, 1.82) is 0 Å². The maximum atomic E-state index is 12.6. The van der Waals surface area contributed by atoms with E-state index in [1.165, 1.54) is 6.21 Å². The van der Waals surface area contributed by atoms with E-state index in [2.05, 4.69) is 31.8 Å². The summed E-state index contributed by atoms with van der Waals surface area (Å²) in [4.78, 5) is 36.7. The van der Waals surface area contributed by atoms with Crippen molar-refractivity contribution in [2.75, 3.05) is 5.32 Å². The van der Waals surface area contributed by atoms with E-state index in [0.29, 0.717) is 16.8 Å². The van der Waals surface area contributed by atoms with Crippen LogP contribution < -0.4 is 15.5 Å². The Morgan fingerprint density at radius 3 is 2.42 bits per heavy atom. The number of hydrogen-bond donors (Lipinski definition) is 2. The SMILES string of the molecule is CCc1ccc(NC(=O)C(=O)N/N=C\c2cc(Br)ccc2OC(=O)c2ccccc2C)cc1. The minimum Gasteiger partial charge on any atom is -0.422 e. The number of rotatable bonds is 6. The van der Waals surface area contributed by atoms with Crippen LogP contribution in [0.15, 0.2) is 76.3 Å². The number of amides is 2. The summed E-state index contributed by atoms with van der Waals surface area (Å²) >= 11 is 3.36. The van der Waals surface area contributed by atoms with Crippen molar-refractivity contribution >= 4 is 45.6 Å². The maximum Gasteiger partial charge on any atom is 0.343 e. The van der Waals surface area contributed by atoms with E-state index in [1.807, 2.05) is 38.1 Å². The molecule has 0 aliphatic carbocycles. The zero-order valence-electron chi connectivity index (χ0n) is 18.1. The molecule has 0 unspecified atom stereocenters. The molecule has 2 N–H and O–H groups in total. The molecule has 0 fully saturated rings. The molecule has 0 spiro atoms. The van der Waals surface area contributed by atoms with Gasteiger partial charge in [-0.1, -0.05) is 53.2 Å². The van der Waals surface area contributed by atoms with Gasteiger partial charge >= 0.3 is 17.8 Å². The molecule has 0 atom stereocenters. The number of hydrazone groups is 1. The molecular formula is C25H22BrN3O4. The average Bonchev–Trinajstić information content (AvgIpc) is 2.81. The molecule has 2 amide bonds. The number of nitrogens with zero attached hydrogens (tertiary/aromatic N) is 1. The van der Waals surface area contributed by atoms with Crippen molar-refractivity contribution in [1.82, 2.24) is 5.43 Å². The second-order valence-electron chi connectivity index (χ2n) is 7.09. The molecule has 33 heavy (non-hydrogen) atoms. The first-order valence-electron chi connectivity index (χ1n) is 10.2. The van der Waals surface area contributed by atoms with Gasteiger partial charge in [-0.15, -0.1) is 0 Å². The van der Waals surface area contributed by atoms with Crippen LogP contribution in [0.1, 0.15) is 34.0 Å². The summed E-state index contributed by atoms with van der Waals surface area (Å²) in [5, 5.41) is 6.34. The number of nitrogens with one attached hydrogen (secondary N) is 2. The lowest BCUT2D eigenvalue weighted by Gasteiger charge is -2.09. The number of esters is 1. The topological polar surface area (TPSA) is 96.9 Å². The van der Waals surface area contributed by atoms with Crippen LogP contribution in [0.3, 0.4) is 0 Å². The lowest BCUT2D eigenvalue weighted by atomic mass is 10.1. The van der Waals surface area contributed by atoms with Crippen molar-refractivity contribution in [3.8, 4) is 5.75 Å². The first-order valence-corrected chi connectivity index (χ1v) is 11.0. The Labute approximate surface area is 200 Å². The molecule has 3 aromatic carbocycles. The zero-order chi connectivity index (χ0) is 23.8. The highest BCUT2D eigenvalue weighted by Crippen LogP contribution is 2.23. The Bertz CT molecular complexity index is 1210. The van der Waals surface area contributed by atoms with E-state index in [0.717, 1.165) is 22.0 Å². The van der Waals surface area contributed by atoms with Gasteiger partial charge in [0.25, 0.3) is 0 Å². The fourth-order valence-electron chi connectivity index (χ4n) is 2.89. The van der Waals surface area contributed by atoms with Crippen LogP contribution in [0.5, 0.6) is 5.75 Å². The Balaban J connectivity index is 1.65. The molecule has 168 valence electrons. The van der Waals surface area contributed by atoms with Crippen molar-refractivity contribution in [3.05, 3.63) is 93.5 Å². The third-order valence-electron chi connectivity index (χ3n) is 4.74. The van der Waals surface area contributed by atoms with Crippen LogP contribution in [0, 0.1) is 6.92 Å². The van der Waals surface area contributed by atoms with E-state index in [4.69, 9.17) is 4.74 Å². The van der Waals surface area contributed by atoms with Gasteiger partial charge in [0.2, 0.25) is 0 Å². The molecule has 0 saturated carbocycles. The normalized spacial score (nSPS) is 10.6. The first kappa shape index (κ1) is 23.9. The number of hydrogen-bond acceptors (Lipinski definition) is 5. The molecule has 0 radical (unpaired) electrons. The molecule has 0 saturated heterocycles. The largest absolute Gasteiger partial charge is 0.422 e. The van der Waals surface area contributed by atoms with Gasteiger partial charge in [-0.25, -0.2) is 10.2 Å². The molecule has 3 aromatic rings. The minimum absolute atomic E-state index is 0.255. The Kier molecular flexibility index (Phi) is 8.10. The molecular weight excluding hydrogens is 486 g/mol. The van der Waals surface area contributed by atoms with Gasteiger partial charge in [0.05, 0.1) is 11.8 Å². The predicted molar refractivity (Wildman–Crippen MR) is 130 cm³/mol. The lowest BCUT2D eigenvalue weighted by molar-refractivity contribution is -0.136. The van der Waals surface area contributed by atoms with Crippen LogP contribution in [0.4, 0.5) is 5.69 Å². The van der Waals surface area contributed by atoms with E-state index in [9.17, 15) is 14.4 Å². The van der Waals surface area contributed by atoms with Crippen molar-refractivity contribution in [3.63, 3.8) is 0 Å². The number of aryl methyl sites for hydroxylation is 2. The zero-order valence-corrected chi connectivity index (χ0v) is 19.7. The van der Waals surface area contributed by atoms with Gasteiger partial charge in [0, 0.05) is 15.7 Å². The van der Waals surface area contributed by atoms with Gasteiger partial charge < -0.3 is 10.1 Å². The van der Waals surface area contributed by atoms with E-state index < -0.39 is 17.8 Å². The predicted octanol–water partition coefficient (Wildman–Crippen LogP) is 4.63. The van der Waals surface area contributed by atoms with E-state index in [-0.39, 0.29) is 5.75 Å². The van der Waals surface area contributed by atoms with E-state index >= 15 is 0 Å². The van der Waals surface area contributed by atoms with Crippen molar-refractivity contribution in [2.24, 2.45) is 5.10 Å².